The number of carboxylic acids is 1. The third-order valence-corrected chi connectivity index (χ3v) is 6.44. The van der Waals surface area contributed by atoms with Gasteiger partial charge in [-0.05, 0) is 32.1 Å². The molecule has 1 saturated heterocycles. The van der Waals surface area contributed by atoms with Gasteiger partial charge in [-0.2, -0.15) is 0 Å². The van der Waals surface area contributed by atoms with Crippen molar-refractivity contribution in [2.24, 2.45) is 5.41 Å². The van der Waals surface area contributed by atoms with Gasteiger partial charge in [0.15, 0.2) is 4.75 Å². The lowest BCUT2D eigenvalue weighted by Crippen LogP contribution is -2.69. The van der Waals surface area contributed by atoms with E-state index < -0.39 is 32.1 Å². The monoisotopic (exact) mass is 275 g/mol. The number of sulfonamides is 1. The van der Waals surface area contributed by atoms with Crippen molar-refractivity contribution < 1.29 is 23.1 Å². The Morgan fingerprint density at radius 2 is 1.94 bits per heavy atom. The van der Waals surface area contributed by atoms with Crippen LogP contribution in [0.15, 0.2) is 0 Å². The van der Waals surface area contributed by atoms with Gasteiger partial charge >= 0.3 is 5.97 Å². The number of amides is 1. The molecule has 18 heavy (non-hydrogen) atoms. The molecule has 7 heteroatoms. The first-order valence-electron chi connectivity index (χ1n) is 5.91. The van der Waals surface area contributed by atoms with E-state index in [1.807, 2.05) is 0 Å². The molecule has 0 radical (unpaired) electrons. The number of carbonyl (C=O) groups is 2. The lowest BCUT2D eigenvalue weighted by molar-refractivity contribution is -0.144. The minimum Gasteiger partial charge on any atom is -0.481 e. The van der Waals surface area contributed by atoms with E-state index in [1.54, 1.807) is 0 Å². The van der Waals surface area contributed by atoms with E-state index in [2.05, 4.69) is 0 Å². The first-order chi connectivity index (χ1) is 8.12. The van der Waals surface area contributed by atoms with E-state index in [0.29, 0.717) is 12.8 Å². The van der Waals surface area contributed by atoms with Crippen molar-refractivity contribution in [3.8, 4) is 0 Å². The number of aliphatic carboxylic acids is 1. The summed E-state index contributed by atoms with van der Waals surface area (Å²) in [6, 6.07) is 0. The average molecular weight is 275 g/mol. The summed E-state index contributed by atoms with van der Waals surface area (Å²) in [6.45, 7) is 2.78. The summed E-state index contributed by atoms with van der Waals surface area (Å²) >= 11 is 0. The Morgan fingerprint density at radius 3 is 2.28 bits per heavy atom. The van der Waals surface area contributed by atoms with Gasteiger partial charge in [-0.3, -0.25) is 9.59 Å². The van der Waals surface area contributed by atoms with Crippen LogP contribution in [-0.4, -0.2) is 41.0 Å². The number of rotatable bonds is 4. The van der Waals surface area contributed by atoms with Gasteiger partial charge in [-0.1, -0.05) is 6.42 Å². The molecule has 0 unspecified atom stereocenters. The van der Waals surface area contributed by atoms with Crippen molar-refractivity contribution in [2.75, 3.05) is 6.54 Å². The van der Waals surface area contributed by atoms with E-state index in [0.717, 1.165) is 10.7 Å². The molecular weight excluding hydrogens is 258 g/mol. The van der Waals surface area contributed by atoms with E-state index in [1.165, 1.54) is 13.8 Å². The normalized spacial score (nSPS) is 27.2. The minimum atomic E-state index is -3.60. The molecule has 1 aliphatic heterocycles. The summed E-state index contributed by atoms with van der Waals surface area (Å²) in [5, 5.41) is 8.86. The largest absolute Gasteiger partial charge is 0.481 e. The molecule has 2 fully saturated rings. The molecule has 1 saturated carbocycles. The maximum Gasteiger partial charge on any atom is 0.303 e. The van der Waals surface area contributed by atoms with Crippen LogP contribution in [0.3, 0.4) is 0 Å². The zero-order valence-corrected chi connectivity index (χ0v) is 11.3. The van der Waals surface area contributed by atoms with Crippen molar-refractivity contribution in [1.82, 2.24) is 4.31 Å². The maximum absolute atomic E-state index is 11.9. The molecule has 0 aromatic rings. The van der Waals surface area contributed by atoms with E-state index in [9.17, 15) is 18.0 Å². The molecular formula is C11H17NO5S. The lowest BCUT2D eigenvalue weighted by atomic mass is 9.66. The Hall–Kier alpha value is -1.11. The molecule has 102 valence electrons. The summed E-state index contributed by atoms with van der Waals surface area (Å²) < 4.78 is 23.4. The summed E-state index contributed by atoms with van der Waals surface area (Å²) in [5.41, 5.74) is -0.551. The van der Waals surface area contributed by atoms with Crippen LogP contribution in [0.5, 0.6) is 0 Å². The first kappa shape index (κ1) is 13.3. The van der Waals surface area contributed by atoms with Gasteiger partial charge in [0.05, 0.1) is 6.42 Å². The number of nitrogens with zero attached hydrogens (tertiary/aromatic N) is 1. The fourth-order valence-corrected chi connectivity index (χ4v) is 4.25. The summed E-state index contributed by atoms with van der Waals surface area (Å²) in [7, 11) is -3.60. The first-order valence-corrected chi connectivity index (χ1v) is 7.35. The second-order valence-electron chi connectivity index (χ2n) is 5.75. The molecule has 0 aromatic heterocycles. The van der Waals surface area contributed by atoms with E-state index in [-0.39, 0.29) is 13.0 Å². The quantitative estimate of drug-likeness (QED) is 0.810. The molecule has 2 rings (SSSR count). The number of hydrogen-bond acceptors (Lipinski definition) is 4. The standard InChI is InChI=1S/C11H17NO5S/c1-10(2)9(15)12(18(10,16)17)7-11(4-3-5-11)6-8(13)14/h3-7H2,1-2H3,(H,13,14). The topological polar surface area (TPSA) is 91.8 Å². The van der Waals surface area contributed by atoms with Crippen LogP contribution in [0.4, 0.5) is 0 Å². The van der Waals surface area contributed by atoms with Crippen LogP contribution in [0, 0.1) is 5.41 Å². The predicted molar refractivity (Wildman–Crippen MR) is 63.2 cm³/mol. The molecule has 0 atom stereocenters. The molecule has 6 nitrogen and oxygen atoms in total. The lowest BCUT2D eigenvalue weighted by Gasteiger charge is -2.50. The van der Waals surface area contributed by atoms with Crippen molar-refractivity contribution in [2.45, 2.75) is 44.3 Å². The Balaban J connectivity index is 2.16. The average Bonchev–Trinajstić information content (AvgIpc) is 2.19. The second-order valence-corrected chi connectivity index (χ2v) is 8.16. The summed E-state index contributed by atoms with van der Waals surface area (Å²) in [5.74, 6) is -1.38. The second kappa shape index (κ2) is 3.69. The van der Waals surface area contributed by atoms with Crippen LogP contribution >= 0.6 is 0 Å². The third-order valence-electron chi connectivity index (χ3n) is 4.10. The van der Waals surface area contributed by atoms with Crippen LogP contribution in [0.25, 0.3) is 0 Å². The summed E-state index contributed by atoms with van der Waals surface area (Å²) in [6.07, 6.45) is 2.14. The van der Waals surface area contributed by atoms with Crippen molar-refractivity contribution in [1.29, 1.82) is 0 Å². The van der Waals surface area contributed by atoms with Gasteiger partial charge in [0.2, 0.25) is 0 Å². The Kier molecular flexibility index (Phi) is 2.73. The van der Waals surface area contributed by atoms with Gasteiger partial charge in [0, 0.05) is 6.54 Å². The molecule has 0 bridgehead atoms. The van der Waals surface area contributed by atoms with Crippen LogP contribution in [0.1, 0.15) is 39.5 Å². The van der Waals surface area contributed by atoms with Crippen molar-refractivity contribution >= 4 is 21.9 Å². The van der Waals surface area contributed by atoms with E-state index in [4.69, 9.17) is 5.11 Å². The Bertz CT molecular complexity index is 504. The molecule has 2 aliphatic rings. The van der Waals surface area contributed by atoms with E-state index >= 15 is 0 Å². The molecule has 1 N–H and O–H groups in total. The maximum atomic E-state index is 11.9. The van der Waals surface area contributed by atoms with Gasteiger partial charge < -0.3 is 5.11 Å². The number of carbonyl (C=O) groups excluding carboxylic acids is 1. The molecule has 1 amide bonds. The molecule has 0 spiro atoms. The van der Waals surface area contributed by atoms with Gasteiger partial charge in [0.1, 0.15) is 0 Å². The fourth-order valence-electron chi connectivity index (χ4n) is 2.61. The van der Waals surface area contributed by atoms with Gasteiger partial charge in [-0.25, -0.2) is 12.7 Å². The third kappa shape index (κ3) is 1.64. The highest BCUT2D eigenvalue weighted by molar-refractivity contribution is 7.94. The summed E-state index contributed by atoms with van der Waals surface area (Å²) in [4.78, 5) is 22.6. The minimum absolute atomic E-state index is 0.0178. The Labute approximate surface area is 106 Å². The smallest absolute Gasteiger partial charge is 0.303 e. The van der Waals surface area contributed by atoms with Gasteiger partial charge in [0.25, 0.3) is 15.9 Å². The zero-order chi connectivity index (χ0) is 13.8. The highest BCUT2D eigenvalue weighted by atomic mass is 32.2. The number of hydrogen-bond donors (Lipinski definition) is 1. The Morgan fingerprint density at radius 1 is 1.39 bits per heavy atom. The highest BCUT2D eigenvalue weighted by Crippen LogP contribution is 2.48. The van der Waals surface area contributed by atoms with Gasteiger partial charge in [-0.15, -0.1) is 0 Å². The highest BCUT2D eigenvalue weighted by Gasteiger charge is 2.62. The van der Waals surface area contributed by atoms with Crippen LogP contribution in [0.2, 0.25) is 0 Å². The number of carboxylic acid groups (broad SMARTS) is 1. The van der Waals surface area contributed by atoms with Crippen LogP contribution in [-0.2, 0) is 19.6 Å². The molecule has 1 heterocycles. The van der Waals surface area contributed by atoms with Crippen molar-refractivity contribution in [3.63, 3.8) is 0 Å². The van der Waals surface area contributed by atoms with Crippen molar-refractivity contribution in [3.05, 3.63) is 0 Å². The SMILES string of the molecule is CC1(C)C(=O)N(CC2(CC(=O)O)CCC2)S1(=O)=O. The fraction of sp³-hybridized carbons (Fsp3) is 0.818. The molecule has 0 aromatic carbocycles. The molecule has 1 aliphatic carbocycles. The van der Waals surface area contributed by atoms with Crippen LogP contribution < -0.4 is 0 Å². The zero-order valence-electron chi connectivity index (χ0n) is 10.5. The predicted octanol–water partition coefficient (Wildman–Crippen LogP) is 0.582.